The lowest BCUT2D eigenvalue weighted by Gasteiger charge is -2.14. The molecule has 0 bridgehead atoms. The van der Waals surface area contributed by atoms with Crippen LogP contribution in [0, 0.1) is 5.82 Å². The highest BCUT2D eigenvalue weighted by molar-refractivity contribution is 5.90. The molecule has 0 saturated carbocycles. The Bertz CT molecular complexity index is 988. The number of rotatable bonds is 6. The van der Waals surface area contributed by atoms with Crippen LogP contribution < -0.4 is 10.2 Å². The fraction of sp³-hybridized carbons (Fsp3) is 0.227. The van der Waals surface area contributed by atoms with E-state index in [-0.39, 0.29) is 19.0 Å². The molecule has 2 amide bonds. The van der Waals surface area contributed by atoms with Crippen LogP contribution in [0.2, 0.25) is 0 Å². The minimum atomic E-state index is -0.584. The Kier molecular flexibility index (Phi) is 6.46. The molecule has 3 rings (SSSR count). The van der Waals surface area contributed by atoms with Crippen LogP contribution in [0.15, 0.2) is 48.5 Å². The van der Waals surface area contributed by atoms with Crippen LogP contribution in [0.25, 0.3) is 17.2 Å². The second-order valence-electron chi connectivity index (χ2n) is 6.70. The number of carbonyl (C=O) groups is 3. The van der Waals surface area contributed by atoms with Crippen LogP contribution >= 0.6 is 0 Å². The summed E-state index contributed by atoms with van der Waals surface area (Å²) >= 11 is 0. The van der Waals surface area contributed by atoms with E-state index in [2.05, 4.69) is 10.1 Å². The first-order valence-corrected chi connectivity index (χ1v) is 9.26. The van der Waals surface area contributed by atoms with Crippen molar-refractivity contribution in [3.8, 4) is 11.1 Å². The van der Waals surface area contributed by atoms with Gasteiger partial charge in [-0.3, -0.25) is 9.69 Å². The van der Waals surface area contributed by atoms with E-state index in [0.717, 1.165) is 5.56 Å². The van der Waals surface area contributed by atoms with E-state index in [0.29, 0.717) is 16.8 Å². The lowest BCUT2D eigenvalue weighted by molar-refractivity contribution is -0.134. The van der Waals surface area contributed by atoms with E-state index in [1.54, 1.807) is 42.5 Å². The van der Waals surface area contributed by atoms with E-state index in [4.69, 9.17) is 4.74 Å². The third-order valence-corrected chi connectivity index (χ3v) is 4.55. The fourth-order valence-corrected chi connectivity index (χ4v) is 3.01. The summed E-state index contributed by atoms with van der Waals surface area (Å²) in [6.45, 7) is 1.80. The van der Waals surface area contributed by atoms with E-state index in [9.17, 15) is 18.8 Å². The average Bonchev–Trinajstić information content (AvgIpc) is 3.11. The zero-order chi connectivity index (χ0) is 21.7. The van der Waals surface area contributed by atoms with Crippen molar-refractivity contribution in [2.75, 3.05) is 25.1 Å². The lowest BCUT2D eigenvalue weighted by Crippen LogP contribution is -2.33. The van der Waals surface area contributed by atoms with Crippen LogP contribution in [0.5, 0.6) is 0 Å². The molecule has 2 aromatic carbocycles. The van der Waals surface area contributed by atoms with Gasteiger partial charge in [0.05, 0.1) is 25.9 Å². The number of benzene rings is 2. The highest BCUT2D eigenvalue weighted by Crippen LogP contribution is 2.29. The molecule has 1 fully saturated rings. The maximum atomic E-state index is 14.8. The Morgan fingerprint density at radius 3 is 2.63 bits per heavy atom. The number of esters is 1. The maximum Gasteiger partial charge on any atom is 0.414 e. The largest absolute Gasteiger partial charge is 0.466 e. The van der Waals surface area contributed by atoms with Gasteiger partial charge in [0.1, 0.15) is 11.9 Å². The molecule has 1 saturated heterocycles. The molecular weight excluding hydrogens is 391 g/mol. The Hall–Kier alpha value is -3.68. The smallest absolute Gasteiger partial charge is 0.414 e. The summed E-state index contributed by atoms with van der Waals surface area (Å²) in [6.07, 6.45) is 1.83. The van der Waals surface area contributed by atoms with E-state index < -0.39 is 24.0 Å². The molecule has 1 atom stereocenters. The number of hydrogen-bond acceptors (Lipinski definition) is 5. The fourth-order valence-electron chi connectivity index (χ4n) is 3.01. The highest BCUT2D eigenvalue weighted by atomic mass is 19.1. The van der Waals surface area contributed by atoms with Gasteiger partial charge in [-0.25, -0.2) is 14.0 Å². The van der Waals surface area contributed by atoms with Crippen LogP contribution in [-0.2, 0) is 19.1 Å². The zero-order valence-corrected chi connectivity index (χ0v) is 16.6. The Morgan fingerprint density at radius 1 is 1.27 bits per heavy atom. The van der Waals surface area contributed by atoms with Gasteiger partial charge < -0.3 is 14.8 Å². The molecule has 1 aliphatic rings. The molecule has 0 spiro atoms. The van der Waals surface area contributed by atoms with Crippen molar-refractivity contribution in [3.05, 3.63) is 59.9 Å². The summed E-state index contributed by atoms with van der Waals surface area (Å²) in [5.74, 6) is -1.16. The van der Waals surface area contributed by atoms with Gasteiger partial charge in [-0.2, -0.15) is 0 Å². The molecular formula is C22H21FN2O5. The molecule has 1 aliphatic heterocycles. The molecule has 1 N–H and O–H groups in total. The molecule has 0 radical (unpaired) electrons. The summed E-state index contributed by atoms with van der Waals surface area (Å²) in [6, 6.07) is 11.5. The number of ether oxygens (including phenoxy) is 2. The average molecular weight is 412 g/mol. The van der Waals surface area contributed by atoms with Crippen molar-refractivity contribution < 1.29 is 28.2 Å². The molecule has 0 unspecified atom stereocenters. The number of nitrogens with one attached hydrogen (secondary N) is 1. The van der Waals surface area contributed by atoms with Gasteiger partial charge in [0.15, 0.2) is 0 Å². The SMILES string of the molecule is COC(=O)/C=C/c1ccc(-c2ccc(N3C[C@H](CNC(C)=O)OC3=O)cc2F)cc1. The van der Waals surface area contributed by atoms with Gasteiger partial charge in [-0.1, -0.05) is 24.3 Å². The maximum absolute atomic E-state index is 14.8. The minimum Gasteiger partial charge on any atom is -0.466 e. The van der Waals surface area contributed by atoms with Crippen LogP contribution in [0.4, 0.5) is 14.9 Å². The van der Waals surface area contributed by atoms with Crippen LogP contribution in [-0.4, -0.2) is 44.3 Å². The monoisotopic (exact) mass is 412 g/mol. The van der Waals surface area contributed by atoms with E-state index in [1.165, 1.54) is 31.1 Å². The van der Waals surface area contributed by atoms with Crippen molar-refractivity contribution in [1.82, 2.24) is 5.32 Å². The summed E-state index contributed by atoms with van der Waals surface area (Å²) in [7, 11) is 1.30. The Morgan fingerprint density at radius 2 is 2.00 bits per heavy atom. The lowest BCUT2D eigenvalue weighted by atomic mass is 10.0. The standard InChI is InChI=1S/C22H21FN2O5/c1-14(26)24-12-18-13-25(22(28)30-18)17-8-9-19(20(23)11-17)16-6-3-15(4-7-16)5-10-21(27)29-2/h3-11,18H,12-13H2,1-2H3,(H,24,26)/b10-5+/t18-/m0/s1. The van der Waals surface area contributed by atoms with Crippen molar-refractivity contribution in [2.24, 2.45) is 0 Å². The first-order valence-electron chi connectivity index (χ1n) is 9.26. The first-order chi connectivity index (χ1) is 14.4. The summed E-state index contributed by atoms with van der Waals surface area (Å²) < 4.78 is 24.5. The van der Waals surface area contributed by atoms with Gasteiger partial charge in [0.25, 0.3) is 0 Å². The molecule has 2 aromatic rings. The summed E-state index contributed by atoms with van der Waals surface area (Å²) in [5.41, 5.74) is 2.18. The Labute approximate surface area is 173 Å². The van der Waals surface area contributed by atoms with Gasteiger partial charge in [0.2, 0.25) is 5.91 Å². The number of amides is 2. The summed E-state index contributed by atoms with van der Waals surface area (Å²) in [5, 5.41) is 2.60. The normalized spacial score (nSPS) is 15.9. The van der Waals surface area contributed by atoms with Crippen molar-refractivity contribution in [1.29, 1.82) is 0 Å². The first kappa shape index (κ1) is 21.0. The third kappa shape index (κ3) is 5.02. The quantitative estimate of drug-likeness (QED) is 0.582. The minimum absolute atomic E-state index is 0.203. The van der Waals surface area contributed by atoms with E-state index >= 15 is 0 Å². The second kappa shape index (κ2) is 9.21. The Balaban J connectivity index is 1.72. The zero-order valence-electron chi connectivity index (χ0n) is 16.6. The number of hydrogen-bond donors (Lipinski definition) is 1. The van der Waals surface area contributed by atoms with E-state index in [1.807, 2.05) is 0 Å². The molecule has 0 aliphatic carbocycles. The number of cyclic esters (lactones) is 1. The predicted octanol–water partition coefficient (Wildman–Crippen LogP) is 3.14. The van der Waals surface area contributed by atoms with Gasteiger partial charge >= 0.3 is 12.1 Å². The molecule has 30 heavy (non-hydrogen) atoms. The van der Waals surface area contributed by atoms with Crippen molar-refractivity contribution in [2.45, 2.75) is 13.0 Å². The number of nitrogens with zero attached hydrogens (tertiary/aromatic N) is 1. The third-order valence-electron chi connectivity index (χ3n) is 4.55. The molecule has 8 heteroatoms. The topological polar surface area (TPSA) is 84.9 Å². The molecule has 7 nitrogen and oxygen atoms in total. The summed E-state index contributed by atoms with van der Waals surface area (Å²) in [4.78, 5) is 35.6. The van der Waals surface area contributed by atoms with Crippen LogP contribution in [0.3, 0.4) is 0 Å². The molecule has 0 aromatic heterocycles. The highest BCUT2D eigenvalue weighted by Gasteiger charge is 2.32. The van der Waals surface area contributed by atoms with Gasteiger partial charge in [0, 0.05) is 18.6 Å². The number of methoxy groups -OCH3 is 1. The van der Waals surface area contributed by atoms with Crippen LogP contribution in [0.1, 0.15) is 12.5 Å². The van der Waals surface area contributed by atoms with Gasteiger partial charge in [-0.05, 0) is 35.4 Å². The number of halogens is 1. The second-order valence-corrected chi connectivity index (χ2v) is 6.70. The predicted molar refractivity (Wildman–Crippen MR) is 109 cm³/mol. The number of anilines is 1. The molecule has 156 valence electrons. The van der Waals surface area contributed by atoms with Crippen molar-refractivity contribution in [3.63, 3.8) is 0 Å². The number of carbonyl (C=O) groups excluding carboxylic acids is 3. The van der Waals surface area contributed by atoms with Gasteiger partial charge in [-0.15, -0.1) is 0 Å². The molecule has 1 heterocycles. The van der Waals surface area contributed by atoms with Crippen molar-refractivity contribution >= 4 is 29.7 Å².